The van der Waals surface area contributed by atoms with E-state index in [9.17, 15) is 0 Å². The van der Waals surface area contributed by atoms with E-state index < -0.39 is 0 Å². The lowest BCUT2D eigenvalue weighted by atomic mass is 9.80. The first-order valence-corrected chi connectivity index (χ1v) is 7.49. The van der Waals surface area contributed by atoms with Gasteiger partial charge in [0.2, 0.25) is 0 Å². The third kappa shape index (κ3) is 3.05. The molecule has 0 bridgehead atoms. The second kappa shape index (κ2) is 5.78. The van der Waals surface area contributed by atoms with Crippen LogP contribution in [0.3, 0.4) is 0 Å². The number of furan rings is 1. The molecule has 1 fully saturated rings. The highest BCUT2D eigenvalue weighted by Crippen LogP contribution is 2.29. The highest BCUT2D eigenvalue weighted by Gasteiger charge is 2.23. The first-order chi connectivity index (χ1) is 7.79. The third-order valence-corrected chi connectivity index (χ3v) is 4.03. The van der Waals surface area contributed by atoms with Crippen molar-refractivity contribution in [2.24, 2.45) is 5.92 Å². The fourth-order valence-corrected chi connectivity index (χ4v) is 2.54. The molecule has 1 unspecified atom stereocenters. The molecule has 0 radical (unpaired) electrons. The third-order valence-electron chi connectivity index (χ3n) is 3.46. The van der Waals surface area contributed by atoms with Gasteiger partial charge in [-0.2, -0.15) is 11.8 Å². The van der Waals surface area contributed by atoms with Crippen molar-refractivity contribution in [2.45, 2.75) is 44.5 Å². The van der Waals surface area contributed by atoms with Gasteiger partial charge in [-0.1, -0.05) is 6.42 Å². The van der Waals surface area contributed by atoms with Gasteiger partial charge in [0.15, 0.2) is 0 Å². The highest BCUT2D eigenvalue weighted by atomic mass is 32.2. The van der Waals surface area contributed by atoms with Crippen LogP contribution in [0.5, 0.6) is 0 Å². The molecule has 1 aliphatic carbocycles. The predicted molar refractivity (Wildman–Crippen MR) is 69.6 cm³/mol. The van der Waals surface area contributed by atoms with Crippen molar-refractivity contribution in [1.29, 1.82) is 0 Å². The zero-order chi connectivity index (χ0) is 11.4. The first kappa shape index (κ1) is 12.1. The fraction of sp³-hybridized carbons (Fsp3) is 0.692. The van der Waals surface area contributed by atoms with Crippen LogP contribution < -0.4 is 5.32 Å². The maximum Gasteiger partial charge on any atom is 0.118 e. The maximum atomic E-state index is 5.72. The fourth-order valence-electron chi connectivity index (χ4n) is 2.11. The van der Waals surface area contributed by atoms with Crippen LogP contribution in [0, 0.1) is 5.92 Å². The summed E-state index contributed by atoms with van der Waals surface area (Å²) in [4.78, 5) is 0. The molecule has 1 aromatic heterocycles. The molecule has 0 saturated heterocycles. The molecule has 0 amide bonds. The molecular weight excluding hydrogens is 218 g/mol. The first-order valence-electron chi connectivity index (χ1n) is 6.09. The van der Waals surface area contributed by atoms with E-state index in [0.717, 1.165) is 29.7 Å². The van der Waals surface area contributed by atoms with Crippen LogP contribution in [0.4, 0.5) is 0 Å². The Bertz CT molecular complexity index is 319. The Balaban J connectivity index is 1.75. The zero-order valence-electron chi connectivity index (χ0n) is 10.2. The van der Waals surface area contributed by atoms with Crippen LogP contribution in [-0.2, 0) is 12.3 Å². The van der Waals surface area contributed by atoms with Crippen LogP contribution in [0.15, 0.2) is 16.5 Å². The second-order valence-electron chi connectivity index (χ2n) is 4.66. The van der Waals surface area contributed by atoms with Crippen molar-refractivity contribution in [3.8, 4) is 0 Å². The SMILES string of the molecule is CSCc1ccc(CNC(C)C2CCC2)o1. The van der Waals surface area contributed by atoms with Gasteiger partial charge in [0.05, 0.1) is 12.3 Å². The average molecular weight is 239 g/mol. The minimum Gasteiger partial charge on any atom is -0.464 e. The summed E-state index contributed by atoms with van der Waals surface area (Å²) >= 11 is 1.80. The second-order valence-corrected chi connectivity index (χ2v) is 5.53. The largest absolute Gasteiger partial charge is 0.464 e. The van der Waals surface area contributed by atoms with Gasteiger partial charge in [0, 0.05) is 6.04 Å². The number of nitrogens with one attached hydrogen (secondary N) is 1. The van der Waals surface area contributed by atoms with Gasteiger partial charge in [-0.05, 0) is 44.1 Å². The lowest BCUT2D eigenvalue weighted by Gasteiger charge is -2.31. The van der Waals surface area contributed by atoms with Gasteiger partial charge in [0.1, 0.15) is 11.5 Å². The molecule has 0 spiro atoms. The van der Waals surface area contributed by atoms with Gasteiger partial charge in [-0.25, -0.2) is 0 Å². The quantitative estimate of drug-likeness (QED) is 0.823. The van der Waals surface area contributed by atoms with Crippen molar-refractivity contribution < 1.29 is 4.42 Å². The van der Waals surface area contributed by atoms with E-state index in [1.165, 1.54) is 19.3 Å². The van der Waals surface area contributed by atoms with Gasteiger partial charge < -0.3 is 9.73 Å². The molecule has 1 aliphatic rings. The standard InChI is InChI=1S/C13H21NOS/c1-10(11-4-3-5-11)14-8-12-6-7-13(15-12)9-16-2/h6-7,10-11,14H,3-5,8-9H2,1-2H3. The minimum atomic E-state index is 0.628. The van der Waals surface area contributed by atoms with E-state index in [4.69, 9.17) is 4.42 Å². The van der Waals surface area contributed by atoms with Crippen LogP contribution >= 0.6 is 11.8 Å². The number of thioether (sulfide) groups is 1. The Morgan fingerprint density at radius 3 is 2.81 bits per heavy atom. The van der Waals surface area contributed by atoms with Gasteiger partial charge in [-0.15, -0.1) is 0 Å². The monoisotopic (exact) mass is 239 g/mol. The molecule has 90 valence electrons. The molecule has 3 heteroatoms. The summed E-state index contributed by atoms with van der Waals surface area (Å²) in [6.07, 6.45) is 6.29. The Morgan fingerprint density at radius 1 is 1.44 bits per heavy atom. The minimum absolute atomic E-state index is 0.628. The molecule has 1 N–H and O–H groups in total. The predicted octanol–water partition coefficient (Wildman–Crippen LogP) is 3.42. The summed E-state index contributed by atoms with van der Waals surface area (Å²) in [6.45, 7) is 3.15. The van der Waals surface area contributed by atoms with Gasteiger partial charge in [-0.3, -0.25) is 0 Å². The molecule has 1 atom stereocenters. The Hall–Kier alpha value is -0.410. The summed E-state index contributed by atoms with van der Waals surface area (Å²) < 4.78 is 5.72. The molecule has 1 saturated carbocycles. The number of rotatable bonds is 6. The van der Waals surface area contributed by atoms with E-state index in [2.05, 4.69) is 30.6 Å². The molecule has 0 aliphatic heterocycles. The summed E-state index contributed by atoms with van der Waals surface area (Å²) in [5, 5.41) is 3.56. The van der Waals surface area contributed by atoms with Crippen molar-refractivity contribution in [1.82, 2.24) is 5.32 Å². The Kier molecular flexibility index (Phi) is 4.36. The normalized spacial score (nSPS) is 18.4. The number of hydrogen-bond acceptors (Lipinski definition) is 3. The lowest BCUT2D eigenvalue weighted by molar-refractivity contribution is 0.236. The molecule has 16 heavy (non-hydrogen) atoms. The zero-order valence-corrected chi connectivity index (χ0v) is 11.0. The van der Waals surface area contributed by atoms with E-state index in [1.54, 1.807) is 11.8 Å². The van der Waals surface area contributed by atoms with Crippen molar-refractivity contribution in [2.75, 3.05) is 6.26 Å². The van der Waals surface area contributed by atoms with Gasteiger partial charge in [0.25, 0.3) is 0 Å². The molecule has 2 rings (SSSR count). The molecule has 1 heterocycles. The van der Waals surface area contributed by atoms with E-state index in [1.807, 2.05) is 0 Å². The topological polar surface area (TPSA) is 25.2 Å². The Labute approximate surface area is 102 Å². The number of hydrogen-bond donors (Lipinski definition) is 1. The smallest absolute Gasteiger partial charge is 0.118 e. The lowest BCUT2D eigenvalue weighted by Crippen LogP contribution is -2.36. The molecular formula is C13H21NOS. The van der Waals surface area contributed by atoms with Crippen molar-refractivity contribution >= 4 is 11.8 Å². The van der Waals surface area contributed by atoms with Crippen LogP contribution in [0.1, 0.15) is 37.7 Å². The van der Waals surface area contributed by atoms with E-state index in [0.29, 0.717) is 6.04 Å². The van der Waals surface area contributed by atoms with Crippen LogP contribution in [0.25, 0.3) is 0 Å². The molecule has 1 aromatic rings. The highest BCUT2D eigenvalue weighted by molar-refractivity contribution is 7.97. The van der Waals surface area contributed by atoms with Crippen molar-refractivity contribution in [3.05, 3.63) is 23.7 Å². The summed E-state index contributed by atoms with van der Waals surface area (Å²) in [5.74, 6) is 4.01. The van der Waals surface area contributed by atoms with E-state index in [-0.39, 0.29) is 0 Å². The van der Waals surface area contributed by atoms with E-state index >= 15 is 0 Å². The molecule has 2 nitrogen and oxygen atoms in total. The summed E-state index contributed by atoms with van der Waals surface area (Å²) in [7, 11) is 0. The molecule has 0 aromatic carbocycles. The Morgan fingerprint density at radius 2 is 2.19 bits per heavy atom. The van der Waals surface area contributed by atoms with Crippen molar-refractivity contribution in [3.63, 3.8) is 0 Å². The maximum absolute atomic E-state index is 5.72. The average Bonchev–Trinajstić information content (AvgIpc) is 2.61. The van der Waals surface area contributed by atoms with Crippen LogP contribution in [0.2, 0.25) is 0 Å². The van der Waals surface area contributed by atoms with Crippen LogP contribution in [-0.4, -0.2) is 12.3 Å². The van der Waals surface area contributed by atoms with Gasteiger partial charge >= 0.3 is 0 Å². The summed E-state index contributed by atoms with van der Waals surface area (Å²) in [6, 6.07) is 4.80. The summed E-state index contributed by atoms with van der Waals surface area (Å²) in [5.41, 5.74) is 0.